The lowest BCUT2D eigenvalue weighted by Crippen LogP contribution is -2.45. The molecule has 3 atom stereocenters. The smallest absolute Gasteiger partial charge is 0.263 e. The molecule has 1 aliphatic heterocycles. The molecule has 2 aromatic rings. The van der Waals surface area contributed by atoms with E-state index in [1.165, 1.54) is 0 Å². The lowest BCUT2D eigenvalue weighted by Gasteiger charge is -2.37. The summed E-state index contributed by atoms with van der Waals surface area (Å²) in [5.74, 6) is -3.95. The Morgan fingerprint density at radius 1 is 0.792 bits per heavy atom. The summed E-state index contributed by atoms with van der Waals surface area (Å²) in [5.41, 5.74) is 3.81. The summed E-state index contributed by atoms with van der Waals surface area (Å²) in [4.78, 5) is 2.44. The quantitative estimate of drug-likeness (QED) is 0.863. The van der Waals surface area contributed by atoms with Gasteiger partial charge in [0, 0.05) is 26.2 Å². The zero-order valence-corrected chi connectivity index (χ0v) is 13.4. The molecule has 2 unspecified atom stereocenters. The van der Waals surface area contributed by atoms with Crippen LogP contribution < -0.4 is 5.32 Å². The zero-order valence-electron chi connectivity index (χ0n) is 13.4. The van der Waals surface area contributed by atoms with Crippen molar-refractivity contribution in [2.75, 3.05) is 26.2 Å². The third kappa shape index (κ3) is 1.93. The van der Waals surface area contributed by atoms with Crippen molar-refractivity contribution in [1.82, 2.24) is 10.2 Å². The number of fused-ring (bicyclic) bond motifs is 5. The molecule has 5 rings (SSSR count). The molecule has 0 amide bonds. The molecule has 3 aliphatic rings. The highest BCUT2D eigenvalue weighted by Crippen LogP contribution is 2.70. The molecule has 0 spiro atoms. The number of piperazine rings is 1. The molecule has 2 nitrogen and oxygen atoms in total. The lowest BCUT2D eigenvalue weighted by molar-refractivity contribution is 0.103. The number of hydrogen-bond donors (Lipinski definition) is 1. The number of nitrogens with zero attached hydrogens (tertiary/aromatic N) is 1. The van der Waals surface area contributed by atoms with Gasteiger partial charge in [-0.25, -0.2) is 8.78 Å². The molecule has 2 aliphatic carbocycles. The molecule has 2 fully saturated rings. The number of alkyl halides is 2. The SMILES string of the molecule is FC1(F)C2c3ccccc3C(N3CCNCC3)c3ccccc3[C@@H]21. The van der Waals surface area contributed by atoms with Gasteiger partial charge < -0.3 is 5.32 Å². The maximum atomic E-state index is 14.6. The van der Waals surface area contributed by atoms with Crippen LogP contribution in [0.15, 0.2) is 48.5 Å². The first-order valence-electron chi connectivity index (χ1n) is 8.70. The predicted molar refractivity (Wildman–Crippen MR) is 89.6 cm³/mol. The Kier molecular flexibility index (Phi) is 3.10. The van der Waals surface area contributed by atoms with Gasteiger partial charge in [0.05, 0.1) is 17.9 Å². The van der Waals surface area contributed by atoms with Crippen LogP contribution in [0.4, 0.5) is 8.78 Å². The third-order valence-corrected chi connectivity index (χ3v) is 5.82. The summed E-state index contributed by atoms with van der Waals surface area (Å²) in [6.45, 7) is 3.78. The second-order valence-electron chi connectivity index (χ2n) is 7.08. The second-order valence-corrected chi connectivity index (χ2v) is 7.08. The molecule has 1 saturated carbocycles. The number of hydrogen-bond acceptors (Lipinski definition) is 2. The van der Waals surface area contributed by atoms with Crippen LogP contribution in [-0.4, -0.2) is 37.0 Å². The highest BCUT2D eigenvalue weighted by Gasteiger charge is 2.71. The van der Waals surface area contributed by atoms with Crippen molar-refractivity contribution in [3.8, 4) is 0 Å². The number of nitrogens with one attached hydrogen (secondary N) is 1. The van der Waals surface area contributed by atoms with Crippen LogP contribution in [0.1, 0.15) is 40.1 Å². The van der Waals surface area contributed by atoms with Gasteiger partial charge in [0.25, 0.3) is 5.92 Å². The fraction of sp³-hybridized carbons (Fsp3) is 0.400. The number of benzene rings is 2. The Labute approximate surface area is 140 Å². The van der Waals surface area contributed by atoms with Crippen LogP contribution >= 0.6 is 0 Å². The molecule has 0 bridgehead atoms. The molecular formula is C20H20F2N2. The fourth-order valence-corrected chi connectivity index (χ4v) is 4.69. The largest absolute Gasteiger partial charge is 0.314 e. The monoisotopic (exact) mass is 326 g/mol. The average Bonchev–Trinajstić information content (AvgIpc) is 3.22. The Hall–Kier alpha value is -1.78. The van der Waals surface area contributed by atoms with Crippen LogP contribution in [0.3, 0.4) is 0 Å². The van der Waals surface area contributed by atoms with Crippen molar-refractivity contribution in [2.45, 2.75) is 23.8 Å². The summed E-state index contributed by atoms with van der Waals surface area (Å²) in [6.07, 6.45) is 0. The second kappa shape index (κ2) is 5.11. The predicted octanol–water partition coefficient (Wildman–Crippen LogP) is 3.51. The minimum Gasteiger partial charge on any atom is -0.314 e. The van der Waals surface area contributed by atoms with Crippen molar-refractivity contribution >= 4 is 0 Å². The first-order chi connectivity index (χ1) is 11.7. The molecule has 0 radical (unpaired) electrons. The van der Waals surface area contributed by atoms with E-state index in [9.17, 15) is 8.78 Å². The van der Waals surface area contributed by atoms with E-state index >= 15 is 0 Å². The Balaban J connectivity index is 1.73. The van der Waals surface area contributed by atoms with Crippen molar-refractivity contribution in [3.63, 3.8) is 0 Å². The lowest BCUT2D eigenvalue weighted by atomic mass is 9.90. The maximum absolute atomic E-state index is 14.6. The van der Waals surface area contributed by atoms with Gasteiger partial charge in [-0.3, -0.25) is 4.90 Å². The van der Waals surface area contributed by atoms with Crippen LogP contribution in [0.25, 0.3) is 0 Å². The van der Waals surface area contributed by atoms with Gasteiger partial charge in [0.15, 0.2) is 0 Å². The molecule has 1 saturated heterocycles. The first-order valence-corrected chi connectivity index (χ1v) is 8.70. The van der Waals surface area contributed by atoms with Gasteiger partial charge in [-0.15, -0.1) is 0 Å². The van der Waals surface area contributed by atoms with E-state index in [1.54, 1.807) is 0 Å². The van der Waals surface area contributed by atoms with Gasteiger partial charge in [-0.05, 0) is 22.3 Å². The summed E-state index contributed by atoms with van der Waals surface area (Å²) in [7, 11) is 0. The molecule has 24 heavy (non-hydrogen) atoms. The van der Waals surface area contributed by atoms with E-state index in [1.807, 2.05) is 36.4 Å². The summed E-state index contributed by atoms with van der Waals surface area (Å²) >= 11 is 0. The van der Waals surface area contributed by atoms with Crippen LogP contribution in [0, 0.1) is 0 Å². The highest BCUT2D eigenvalue weighted by atomic mass is 19.3. The molecule has 2 aromatic carbocycles. The summed E-state index contributed by atoms with van der Waals surface area (Å²) < 4.78 is 29.2. The number of halogens is 2. The van der Waals surface area contributed by atoms with Gasteiger partial charge >= 0.3 is 0 Å². The van der Waals surface area contributed by atoms with Gasteiger partial charge in [-0.1, -0.05) is 48.5 Å². The van der Waals surface area contributed by atoms with Crippen molar-refractivity contribution < 1.29 is 8.78 Å². The first kappa shape index (κ1) is 14.6. The van der Waals surface area contributed by atoms with Crippen molar-refractivity contribution in [1.29, 1.82) is 0 Å². The van der Waals surface area contributed by atoms with Gasteiger partial charge in [-0.2, -0.15) is 0 Å². The molecule has 1 N–H and O–H groups in total. The minimum atomic E-state index is -2.62. The number of rotatable bonds is 1. The summed E-state index contributed by atoms with van der Waals surface area (Å²) in [5, 5.41) is 3.39. The van der Waals surface area contributed by atoms with E-state index in [2.05, 4.69) is 22.3 Å². The molecule has 1 heterocycles. The third-order valence-electron chi connectivity index (χ3n) is 5.82. The van der Waals surface area contributed by atoms with E-state index < -0.39 is 17.8 Å². The van der Waals surface area contributed by atoms with E-state index in [0.29, 0.717) is 0 Å². The van der Waals surface area contributed by atoms with Gasteiger partial charge in [0.2, 0.25) is 0 Å². The Bertz CT molecular complexity index is 727. The van der Waals surface area contributed by atoms with Crippen LogP contribution in [-0.2, 0) is 0 Å². The van der Waals surface area contributed by atoms with Crippen LogP contribution in [0.5, 0.6) is 0 Å². The molecule has 124 valence electrons. The van der Waals surface area contributed by atoms with Crippen LogP contribution in [0.2, 0.25) is 0 Å². The maximum Gasteiger partial charge on any atom is 0.263 e. The standard InChI is InChI=1S/C20H20F2N2/c21-20(22)17-13-5-1-3-7-15(13)19(24-11-9-23-10-12-24)16-8-4-2-6-14(16)18(17)20/h1-8,17-19,23H,9-12H2/t17-,18?,19?/m0/s1. The van der Waals surface area contributed by atoms with Crippen molar-refractivity contribution in [3.05, 3.63) is 70.8 Å². The zero-order chi connectivity index (χ0) is 16.3. The normalized spacial score (nSPS) is 30.7. The molecule has 0 aromatic heterocycles. The Morgan fingerprint density at radius 3 is 1.75 bits per heavy atom. The van der Waals surface area contributed by atoms with E-state index in [0.717, 1.165) is 48.4 Å². The fourth-order valence-electron chi connectivity index (χ4n) is 4.69. The minimum absolute atomic E-state index is 0.0862. The average molecular weight is 326 g/mol. The Morgan fingerprint density at radius 2 is 1.25 bits per heavy atom. The summed E-state index contributed by atoms with van der Waals surface area (Å²) in [6, 6.07) is 15.8. The topological polar surface area (TPSA) is 15.3 Å². The molecular weight excluding hydrogens is 306 g/mol. The highest BCUT2D eigenvalue weighted by molar-refractivity contribution is 5.56. The van der Waals surface area contributed by atoms with Gasteiger partial charge in [0.1, 0.15) is 0 Å². The molecule has 4 heteroatoms. The van der Waals surface area contributed by atoms with Crippen molar-refractivity contribution in [2.24, 2.45) is 0 Å². The van der Waals surface area contributed by atoms with E-state index in [4.69, 9.17) is 0 Å². The van der Waals surface area contributed by atoms with E-state index in [-0.39, 0.29) is 6.04 Å².